The van der Waals surface area contributed by atoms with Gasteiger partial charge < -0.3 is 10.2 Å². The van der Waals surface area contributed by atoms with Gasteiger partial charge in [-0.2, -0.15) is 0 Å². The van der Waals surface area contributed by atoms with Crippen molar-refractivity contribution in [3.63, 3.8) is 0 Å². The van der Waals surface area contributed by atoms with Crippen molar-refractivity contribution in [3.8, 4) is 0 Å². The number of nitrogens with one attached hydrogen (secondary N) is 2. The lowest BCUT2D eigenvalue weighted by Crippen LogP contribution is -2.35. The first-order valence-corrected chi connectivity index (χ1v) is 9.14. The van der Waals surface area contributed by atoms with Gasteiger partial charge in [-0.05, 0) is 55.7 Å². The number of piperidine rings is 1. The molecule has 0 aliphatic carbocycles. The van der Waals surface area contributed by atoms with Crippen molar-refractivity contribution in [2.24, 2.45) is 0 Å². The average Bonchev–Trinajstić information content (AvgIpc) is 2.63. The van der Waals surface area contributed by atoms with Crippen LogP contribution in [0.3, 0.4) is 0 Å². The van der Waals surface area contributed by atoms with Crippen molar-refractivity contribution in [1.29, 1.82) is 0 Å². The Morgan fingerprint density at radius 2 is 1.68 bits per heavy atom. The van der Waals surface area contributed by atoms with E-state index in [9.17, 15) is 4.79 Å². The largest absolute Gasteiger partial charge is 0.370 e. The smallest absolute Gasteiger partial charge is 0.258 e. The van der Waals surface area contributed by atoms with Crippen LogP contribution in [-0.4, -0.2) is 24.1 Å². The molecule has 25 heavy (non-hydrogen) atoms. The number of hydrogen-bond donors (Lipinski definition) is 2. The van der Waals surface area contributed by atoms with Gasteiger partial charge in [-0.25, -0.2) is 0 Å². The van der Waals surface area contributed by atoms with Gasteiger partial charge in [0.1, 0.15) is 0 Å². The maximum Gasteiger partial charge on any atom is 0.258 e. The van der Waals surface area contributed by atoms with Crippen molar-refractivity contribution < 1.29 is 4.79 Å². The molecule has 2 N–H and O–H groups in total. The molecule has 0 unspecified atom stereocenters. The molecular formula is C19H20ClN3OS. The molecule has 0 atom stereocenters. The Hall–Kier alpha value is -2.11. The van der Waals surface area contributed by atoms with Crippen molar-refractivity contribution in [3.05, 3.63) is 59.1 Å². The molecule has 2 aromatic carbocycles. The van der Waals surface area contributed by atoms with Crippen molar-refractivity contribution in [2.75, 3.05) is 23.3 Å². The Morgan fingerprint density at radius 1 is 1.00 bits per heavy atom. The fourth-order valence-electron chi connectivity index (χ4n) is 2.96. The summed E-state index contributed by atoms with van der Waals surface area (Å²) in [6, 6.07) is 14.9. The van der Waals surface area contributed by atoms with E-state index in [0.717, 1.165) is 24.5 Å². The Kier molecular flexibility index (Phi) is 5.89. The van der Waals surface area contributed by atoms with E-state index >= 15 is 0 Å². The molecule has 1 fully saturated rings. The predicted molar refractivity (Wildman–Crippen MR) is 108 cm³/mol. The summed E-state index contributed by atoms with van der Waals surface area (Å²) in [7, 11) is 0. The van der Waals surface area contributed by atoms with Crippen LogP contribution in [0.4, 0.5) is 11.4 Å². The summed E-state index contributed by atoms with van der Waals surface area (Å²) in [5, 5.41) is 6.50. The summed E-state index contributed by atoms with van der Waals surface area (Å²) in [4.78, 5) is 14.7. The van der Waals surface area contributed by atoms with Gasteiger partial charge in [-0.3, -0.25) is 10.1 Å². The molecule has 1 saturated heterocycles. The number of rotatable bonds is 3. The van der Waals surface area contributed by atoms with Gasteiger partial charge in [0.25, 0.3) is 5.91 Å². The molecular weight excluding hydrogens is 354 g/mol. The van der Waals surface area contributed by atoms with E-state index in [2.05, 4.69) is 21.6 Å². The molecule has 0 spiro atoms. The predicted octanol–water partition coefficient (Wildman–Crippen LogP) is 4.46. The molecule has 1 aliphatic heterocycles. The maximum atomic E-state index is 12.3. The first-order chi connectivity index (χ1) is 12.1. The molecule has 2 aromatic rings. The summed E-state index contributed by atoms with van der Waals surface area (Å²) < 4.78 is 0. The third kappa shape index (κ3) is 4.50. The van der Waals surface area contributed by atoms with Crippen LogP contribution in [0, 0.1) is 0 Å². The van der Waals surface area contributed by atoms with Crippen LogP contribution in [0.1, 0.15) is 29.6 Å². The Bertz CT molecular complexity index is 775. The summed E-state index contributed by atoms with van der Waals surface area (Å²) >= 11 is 11.4. The summed E-state index contributed by atoms with van der Waals surface area (Å²) in [5.41, 5.74) is 2.41. The average molecular weight is 374 g/mol. The monoisotopic (exact) mass is 373 g/mol. The van der Waals surface area contributed by atoms with E-state index in [1.54, 1.807) is 24.3 Å². The van der Waals surface area contributed by atoms with Crippen LogP contribution in [0.15, 0.2) is 48.5 Å². The zero-order chi connectivity index (χ0) is 17.6. The van der Waals surface area contributed by atoms with Gasteiger partial charge in [0.2, 0.25) is 0 Å². The molecule has 1 heterocycles. The highest BCUT2D eigenvalue weighted by atomic mass is 35.5. The normalized spacial score (nSPS) is 14.0. The minimum absolute atomic E-state index is 0.259. The number of amides is 1. The molecule has 3 rings (SSSR count). The minimum Gasteiger partial charge on any atom is -0.370 e. The SMILES string of the molecule is O=C(NC(=S)Nc1ccccc1N1CCCCC1)c1ccccc1Cl. The number of thiocarbonyl (C=S) groups is 1. The maximum absolute atomic E-state index is 12.3. The summed E-state index contributed by atoms with van der Waals surface area (Å²) in [6.45, 7) is 2.08. The van der Waals surface area contributed by atoms with Gasteiger partial charge in [0, 0.05) is 13.1 Å². The van der Waals surface area contributed by atoms with E-state index in [-0.39, 0.29) is 11.0 Å². The van der Waals surface area contributed by atoms with E-state index in [1.807, 2.05) is 18.2 Å². The fourth-order valence-corrected chi connectivity index (χ4v) is 3.38. The van der Waals surface area contributed by atoms with E-state index in [0.29, 0.717) is 10.6 Å². The Balaban J connectivity index is 1.69. The second-order valence-electron chi connectivity index (χ2n) is 5.95. The summed E-state index contributed by atoms with van der Waals surface area (Å²) in [5.74, 6) is -0.321. The van der Waals surface area contributed by atoms with E-state index < -0.39 is 0 Å². The molecule has 0 saturated carbocycles. The number of nitrogens with zero attached hydrogens (tertiary/aromatic N) is 1. The second kappa shape index (κ2) is 8.32. The van der Waals surface area contributed by atoms with Crippen LogP contribution in [0.5, 0.6) is 0 Å². The van der Waals surface area contributed by atoms with Crippen molar-refractivity contribution >= 4 is 46.2 Å². The third-order valence-corrected chi connectivity index (χ3v) is 4.73. The lowest BCUT2D eigenvalue weighted by molar-refractivity contribution is 0.0978. The third-order valence-electron chi connectivity index (χ3n) is 4.19. The van der Waals surface area contributed by atoms with Crippen LogP contribution >= 0.6 is 23.8 Å². The van der Waals surface area contributed by atoms with E-state index in [1.165, 1.54) is 19.3 Å². The van der Waals surface area contributed by atoms with Gasteiger partial charge in [-0.15, -0.1) is 0 Å². The fraction of sp³-hybridized carbons (Fsp3) is 0.263. The highest BCUT2D eigenvalue weighted by molar-refractivity contribution is 7.80. The van der Waals surface area contributed by atoms with Gasteiger partial charge in [-0.1, -0.05) is 35.9 Å². The van der Waals surface area contributed by atoms with Crippen molar-refractivity contribution in [1.82, 2.24) is 5.32 Å². The van der Waals surface area contributed by atoms with Gasteiger partial charge in [0.15, 0.2) is 5.11 Å². The molecule has 4 nitrogen and oxygen atoms in total. The summed E-state index contributed by atoms with van der Waals surface area (Å²) in [6.07, 6.45) is 3.67. The molecule has 0 bridgehead atoms. The lowest BCUT2D eigenvalue weighted by atomic mass is 10.1. The molecule has 1 aliphatic rings. The van der Waals surface area contributed by atoms with Gasteiger partial charge >= 0.3 is 0 Å². The van der Waals surface area contributed by atoms with Crippen LogP contribution in [0.25, 0.3) is 0 Å². The number of carbonyl (C=O) groups excluding carboxylic acids is 1. The highest BCUT2D eigenvalue weighted by Gasteiger charge is 2.16. The highest BCUT2D eigenvalue weighted by Crippen LogP contribution is 2.28. The standard InChI is InChI=1S/C19H20ClN3OS/c20-15-9-3-2-8-14(15)18(24)22-19(25)21-16-10-4-5-11-17(16)23-12-6-1-7-13-23/h2-5,8-11H,1,6-7,12-13H2,(H2,21,22,24,25). The molecule has 130 valence electrons. The van der Waals surface area contributed by atoms with Crippen LogP contribution < -0.4 is 15.5 Å². The minimum atomic E-state index is -0.321. The molecule has 1 amide bonds. The van der Waals surface area contributed by atoms with Gasteiger partial charge in [0.05, 0.1) is 22.0 Å². The topological polar surface area (TPSA) is 44.4 Å². The molecule has 6 heteroatoms. The zero-order valence-corrected chi connectivity index (χ0v) is 15.4. The second-order valence-corrected chi connectivity index (χ2v) is 6.77. The number of benzene rings is 2. The quantitative estimate of drug-likeness (QED) is 0.780. The molecule has 0 radical (unpaired) electrons. The van der Waals surface area contributed by atoms with E-state index in [4.69, 9.17) is 23.8 Å². The number of anilines is 2. The van der Waals surface area contributed by atoms with Crippen molar-refractivity contribution in [2.45, 2.75) is 19.3 Å². The number of halogens is 1. The Morgan fingerprint density at radius 3 is 2.44 bits per heavy atom. The first kappa shape index (κ1) is 17.7. The number of para-hydroxylation sites is 2. The van der Waals surface area contributed by atoms with Crippen LogP contribution in [0.2, 0.25) is 5.02 Å². The lowest BCUT2D eigenvalue weighted by Gasteiger charge is -2.30. The molecule has 0 aromatic heterocycles. The zero-order valence-electron chi connectivity index (χ0n) is 13.8. The number of carbonyl (C=O) groups is 1. The van der Waals surface area contributed by atoms with Crippen LogP contribution in [-0.2, 0) is 0 Å². The first-order valence-electron chi connectivity index (χ1n) is 8.36. The Labute approximate surface area is 158 Å². The number of hydrogen-bond acceptors (Lipinski definition) is 3.